The Morgan fingerprint density at radius 3 is 2.31 bits per heavy atom. The van der Waals surface area contributed by atoms with Gasteiger partial charge in [0.05, 0.1) is 0 Å². The van der Waals surface area contributed by atoms with Crippen molar-refractivity contribution in [2.45, 2.75) is 19.3 Å². The molecule has 0 saturated carbocycles. The van der Waals surface area contributed by atoms with Gasteiger partial charge in [0, 0.05) is 0 Å². The molecule has 0 aromatic heterocycles. The van der Waals surface area contributed by atoms with E-state index in [4.69, 9.17) is 0 Å². The largest absolute Gasteiger partial charge is 0.125 e. The molecule has 36 heavy (non-hydrogen) atoms. The molecule has 1 aromatic carbocycles. The highest BCUT2D eigenvalue weighted by Crippen LogP contribution is 2.33. The standard InChI is InChI=1S/C36H32/c1-30(33-23-10-8-11-24-33)18-17-22-32-28-34-25-9-6-4-2-3-5-7-12-27-36(34)35(29-32)26-16-15-21-31-19-13-14-20-31/h2-13,15-18,20-25,27-28H,1,19,26,29H2/b3-2+,6-4-,7-5+,16-15-,18-17-,25-9-,27-12-,31-21+,32-22-. The van der Waals surface area contributed by atoms with E-state index in [2.05, 4.69) is 128 Å². The molecule has 3 aliphatic rings. The fourth-order valence-corrected chi connectivity index (χ4v) is 4.17. The molecule has 0 N–H and O–H groups in total. The molecule has 0 atom stereocenters. The van der Waals surface area contributed by atoms with Crippen LogP contribution in [0.2, 0.25) is 0 Å². The van der Waals surface area contributed by atoms with Crippen LogP contribution in [0.5, 0.6) is 0 Å². The maximum absolute atomic E-state index is 4.22. The molecule has 0 radical (unpaired) electrons. The van der Waals surface area contributed by atoms with E-state index < -0.39 is 0 Å². The van der Waals surface area contributed by atoms with Gasteiger partial charge < -0.3 is 0 Å². The molecule has 3 aliphatic carbocycles. The van der Waals surface area contributed by atoms with E-state index >= 15 is 0 Å². The van der Waals surface area contributed by atoms with Gasteiger partial charge in [0.15, 0.2) is 0 Å². The van der Waals surface area contributed by atoms with Crippen molar-refractivity contribution in [3.63, 3.8) is 0 Å². The van der Waals surface area contributed by atoms with Crippen LogP contribution in [0.4, 0.5) is 0 Å². The van der Waals surface area contributed by atoms with Crippen LogP contribution in [-0.2, 0) is 0 Å². The van der Waals surface area contributed by atoms with E-state index in [0.717, 1.165) is 30.4 Å². The third kappa shape index (κ3) is 7.57. The molecular formula is C36H32. The van der Waals surface area contributed by atoms with Crippen molar-refractivity contribution in [3.05, 3.63) is 192 Å². The smallest absolute Gasteiger partial charge is 0.00151 e. The minimum Gasteiger partial charge on any atom is -0.125 e. The van der Waals surface area contributed by atoms with Gasteiger partial charge in [-0.1, -0.05) is 146 Å². The molecule has 176 valence electrons. The predicted molar refractivity (Wildman–Crippen MR) is 157 cm³/mol. The summed E-state index contributed by atoms with van der Waals surface area (Å²) in [6, 6.07) is 10.3. The summed E-state index contributed by atoms with van der Waals surface area (Å²) in [4.78, 5) is 0. The molecule has 0 amide bonds. The van der Waals surface area contributed by atoms with Crippen molar-refractivity contribution < 1.29 is 0 Å². The molecule has 0 saturated heterocycles. The van der Waals surface area contributed by atoms with Crippen LogP contribution in [0.3, 0.4) is 0 Å². The summed E-state index contributed by atoms with van der Waals surface area (Å²) in [6.45, 7) is 4.22. The van der Waals surface area contributed by atoms with E-state index in [9.17, 15) is 0 Å². The quantitative estimate of drug-likeness (QED) is 0.290. The molecule has 4 rings (SSSR count). The van der Waals surface area contributed by atoms with Crippen molar-refractivity contribution >= 4 is 5.57 Å². The SMILES string of the molecule is C=C(/C=C\C=C1C=C2\C=C/C=C\C=C\C=C\C=C/C2=C(C/C=C\C=C2\C=C=CC2)C\1)c1ccccc1. The highest BCUT2D eigenvalue weighted by molar-refractivity contribution is 5.72. The first-order chi connectivity index (χ1) is 17.8. The van der Waals surface area contributed by atoms with Crippen molar-refractivity contribution in [1.82, 2.24) is 0 Å². The van der Waals surface area contributed by atoms with Crippen LogP contribution in [0, 0.1) is 0 Å². The third-order valence-electron chi connectivity index (χ3n) is 6.05. The molecule has 0 heteroatoms. The van der Waals surface area contributed by atoms with Crippen LogP contribution in [0.1, 0.15) is 24.8 Å². The Labute approximate surface area is 216 Å². The predicted octanol–water partition coefficient (Wildman–Crippen LogP) is 9.59. The van der Waals surface area contributed by atoms with E-state index in [-0.39, 0.29) is 0 Å². The maximum Gasteiger partial charge on any atom is -0.00151 e. The fourth-order valence-electron chi connectivity index (χ4n) is 4.17. The van der Waals surface area contributed by atoms with Gasteiger partial charge in [-0.15, -0.1) is 5.73 Å². The highest BCUT2D eigenvalue weighted by atomic mass is 14.2. The summed E-state index contributed by atoms with van der Waals surface area (Å²) >= 11 is 0. The van der Waals surface area contributed by atoms with E-state index in [1.807, 2.05) is 30.4 Å². The summed E-state index contributed by atoms with van der Waals surface area (Å²) in [5.41, 5.74) is 11.8. The number of rotatable bonds is 6. The minimum atomic E-state index is 0.906. The van der Waals surface area contributed by atoms with Gasteiger partial charge in [0.2, 0.25) is 0 Å². The summed E-state index contributed by atoms with van der Waals surface area (Å²) in [6.07, 6.45) is 43.3. The molecule has 0 spiro atoms. The lowest BCUT2D eigenvalue weighted by atomic mass is 9.85. The Kier molecular flexibility index (Phi) is 9.27. The Morgan fingerprint density at radius 2 is 1.56 bits per heavy atom. The number of fused-ring (bicyclic) bond motifs is 1. The molecule has 0 heterocycles. The first-order valence-corrected chi connectivity index (χ1v) is 12.5. The molecule has 0 bridgehead atoms. The van der Waals surface area contributed by atoms with Gasteiger partial charge in [-0.2, -0.15) is 0 Å². The summed E-state index contributed by atoms with van der Waals surface area (Å²) in [5.74, 6) is 0. The molecular weight excluding hydrogens is 432 g/mol. The molecule has 0 fully saturated rings. The maximum atomic E-state index is 4.22. The number of benzene rings is 1. The molecule has 0 aliphatic heterocycles. The summed E-state index contributed by atoms with van der Waals surface area (Å²) in [7, 11) is 0. The number of hydrogen-bond donors (Lipinski definition) is 0. The normalized spacial score (nSPS) is 23.9. The fraction of sp³-hybridized carbons (Fsp3) is 0.0833. The molecule has 1 aromatic rings. The van der Waals surface area contributed by atoms with Crippen LogP contribution < -0.4 is 0 Å². The van der Waals surface area contributed by atoms with Crippen LogP contribution in [0.25, 0.3) is 5.57 Å². The Bertz CT molecular complexity index is 1360. The zero-order valence-electron chi connectivity index (χ0n) is 20.7. The highest BCUT2D eigenvalue weighted by Gasteiger charge is 2.14. The Morgan fingerprint density at radius 1 is 0.833 bits per heavy atom. The average Bonchev–Trinajstić information content (AvgIpc) is 3.41. The van der Waals surface area contributed by atoms with Crippen LogP contribution >= 0.6 is 0 Å². The lowest BCUT2D eigenvalue weighted by molar-refractivity contribution is 1.03. The summed E-state index contributed by atoms with van der Waals surface area (Å²) in [5, 5.41) is 0. The first kappa shape index (κ1) is 24.7. The average molecular weight is 465 g/mol. The molecule has 0 unspecified atom stereocenters. The second kappa shape index (κ2) is 13.5. The minimum absolute atomic E-state index is 0.906. The zero-order chi connectivity index (χ0) is 24.8. The van der Waals surface area contributed by atoms with Crippen molar-refractivity contribution in [2.75, 3.05) is 0 Å². The number of allylic oxidation sites excluding steroid dienone is 24. The first-order valence-electron chi connectivity index (χ1n) is 12.5. The van der Waals surface area contributed by atoms with E-state index in [1.165, 1.54) is 27.9 Å². The Hall–Kier alpha value is -4.38. The van der Waals surface area contributed by atoms with Gasteiger partial charge in [-0.3, -0.25) is 0 Å². The van der Waals surface area contributed by atoms with Crippen LogP contribution in [0.15, 0.2) is 186 Å². The van der Waals surface area contributed by atoms with Gasteiger partial charge in [0.1, 0.15) is 0 Å². The Balaban J connectivity index is 1.61. The van der Waals surface area contributed by atoms with Gasteiger partial charge in [-0.25, -0.2) is 0 Å². The summed E-state index contributed by atoms with van der Waals surface area (Å²) < 4.78 is 0. The second-order valence-electron chi connectivity index (χ2n) is 8.75. The van der Waals surface area contributed by atoms with Gasteiger partial charge >= 0.3 is 0 Å². The monoisotopic (exact) mass is 464 g/mol. The van der Waals surface area contributed by atoms with Crippen molar-refractivity contribution in [2.24, 2.45) is 0 Å². The van der Waals surface area contributed by atoms with Gasteiger partial charge in [-0.05, 0) is 64.8 Å². The topological polar surface area (TPSA) is 0 Å². The van der Waals surface area contributed by atoms with Crippen molar-refractivity contribution in [1.29, 1.82) is 0 Å². The van der Waals surface area contributed by atoms with E-state index in [1.54, 1.807) is 0 Å². The van der Waals surface area contributed by atoms with Crippen LogP contribution in [-0.4, -0.2) is 0 Å². The van der Waals surface area contributed by atoms with Gasteiger partial charge in [0.25, 0.3) is 0 Å². The van der Waals surface area contributed by atoms with Crippen molar-refractivity contribution in [3.8, 4) is 0 Å². The lowest BCUT2D eigenvalue weighted by Crippen LogP contribution is -2.01. The lowest BCUT2D eigenvalue weighted by Gasteiger charge is -2.20. The zero-order valence-corrected chi connectivity index (χ0v) is 20.7. The molecule has 0 nitrogen and oxygen atoms in total. The number of hydrogen-bond acceptors (Lipinski definition) is 0. The van der Waals surface area contributed by atoms with E-state index in [0.29, 0.717) is 0 Å². The second-order valence-corrected chi connectivity index (χ2v) is 8.75. The third-order valence-corrected chi connectivity index (χ3v) is 6.05.